The summed E-state index contributed by atoms with van der Waals surface area (Å²) in [5.74, 6) is 0.490. The lowest BCUT2D eigenvalue weighted by atomic mass is 10.2. The molecule has 0 saturated carbocycles. The van der Waals surface area contributed by atoms with Crippen LogP contribution in [0.1, 0.15) is 5.56 Å². The molecule has 0 amide bonds. The number of halogens is 1. The maximum atomic E-state index is 13.5. The van der Waals surface area contributed by atoms with E-state index < -0.39 is 8.07 Å². The van der Waals surface area contributed by atoms with E-state index >= 15 is 0 Å². The van der Waals surface area contributed by atoms with Crippen molar-refractivity contribution in [2.45, 2.75) is 26.6 Å². The van der Waals surface area contributed by atoms with E-state index in [0.717, 1.165) is 5.19 Å². The molecule has 1 rings (SSSR count). The van der Waals surface area contributed by atoms with Gasteiger partial charge in [0.2, 0.25) is 0 Å². The van der Waals surface area contributed by atoms with Crippen molar-refractivity contribution in [3.8, 4) is 5.75 Å². The zero-order valence-corrected chi connectivity index (χ0v) is 10.4. The summed E-state index contributed by atoms with van der Waals surface area (Å²) in [7, 11) is 0.124. The minimum Gasteiger partial charge on any atom is -0.496 e. The molecule has 0 aliphatic heterocycles. The number of methoxy groups -OCH3 is 1. The lowest BCUT2D eigenvalue weighted by molar-refractivity contribution is 0.407. The van der Waals surface area contributed by atoms with Gasteiger partial charge in [0.25, 0.3) is 0 Å². The van der Waals surface area contributed by atoms with Gasteiger partial charge in [-0.05, 0) is 19.1 Å². The van der Waals surface area contributed by atoms with Gasteiger partial charge >= 0.3 is 0 Å². The van der Waals surface area contributed by atoms with Crippen LogP contribution in [0.5, 0.6) is 5.75 Å². The topological polar surface area (TPSA) is 9.23 Å². The Morgan fingerprint density at radius 3 is 2.21 bits per heavy atom. The molecular weight excluding hydrogens is 195 g/mol. The van der Waals surface area contributed by atoms with Crippen LogP contribution in [0.25, 0.3) is 0 Å². The van der Waals surface area contributed by atoms with Gasteiger partial charge in [0.15, 0.2) is 0 Å². The van der Waals surface area contributed by atoms with E-state index in [4.69, 9.17) is 4.74 Å². The van der Waals surface area contributed by atoms with Crippen molar-refractivity contribution in [3.05, 3.63) is 23.5 Å². The standard InChI is InChI=1S/C11H17FOSi/c1-8-10(12)6-9(14(3,4)5)7-11(8)13-2/h6-7H,1-5H3. The first-order valence-electron chi connectivity index (χ1n) is 4.71. The number of rotatable bonds is 2. The highest BCUT2D eigenvalue weighted by molar-refractivity contribution is 6.88. The fraction of sp³-hybridized carbons (Fsp3) is 0.455. The van der Waals surface area contributed by atoms with Crippen molar-refractivity contribution < 1.29 is 9.13 Å². The molecule has 3 heteroatoms. The van der Waals surface area contributed by atoms with Crippen LogP contribution in [-0.4, -0.2) is 15.2 Å². The first kappa shape index (κ1) is 11.2. The van der Waals surface area contributed by atoms with Crippen LogP contribution in [0, 0.1) is 12.7 Å². The average molecular weight is 212 g/mol. The fourth-order valence-corrected chi connectivity index (χ4v) is 2.42. The van der Waals surface area contributed by atoms with Crippen LogP contribution < -0.4 is 9.92 Å². The second-order valence-corrected chi connectivity index (χ2v) is 9.61. The van der Waals surface area contributed by atoms with Crippen molar-refractivity contribution in [2.24, 2.45) is 0 Å². The second-order valence-electron chi connectivity index (χ2n) is 4.54. The molecule has 0 bridgehead atoms. The van der Waals surface area contributed by atoms with Crippen LogP contribution >= 0.6 is 0 Å². The number of ether oxygens (including phenoxy) is 1. The van der Waals surface area contributed by atoms with Gasteiger partial charge in [-0.2, -0.15) is 0 Å². The van der Waals surface area contributed by atoms with Gasteiger partial charge < -0.3 is 4.74 Å². The molecule has 0 fully saturated rings. The van der Waals surface area contributed by atoms with Gasteiger partial charge in [0.1, 0.15) is 11.6 Å². The summed E-state index contributed by atoms with van der Waals surface area (Å²) >= 11 is 0. The molecule has 0 unspecified atom stereocenters. The summed E-state index contributed by atoms with van der Waals surface area (Å²) < 4.78 is 18.6. The summed E-state index contributed by atoms with van der Waals surface area (Å²) in [4.78, 5) is 0. The summed E-state index contributed by atoms with van der Waals surface area (Å²) in [6, 6.07) is 3.61. The Morgan fingerprint density at radius 2 is 1.79 bits per heavy atom. The van der Waals surface area contributed by atoms with Crippen molar-refractivity contribution in [1.82, 2.24) is 0 Å². The molecular formula is C11H17FOSi. The molecule has 0 saturated heterocycles. The minimum absolute atomic E-state index is 0.165. The van der Waals surface area contributed by atoms with E-state index in [1.54, 1.807) is 20.1 Å². The van der Waals surface area contributed by atoms with E-state index in [1.807, 2.05) is 6.07 Å². The first-order valence-corrected chi connectivity index (χ1v) is 8.21. The fourth-order valence-electron chi connectivity index (χ4n) is 1.30. The highest BCUT2D eigenvalue weighted by Crippen LogP contribution is 2.20. The Hall–Kier alpha value is -0.833. The normalized spacial score (nSPS) is 11.6. The largest absolute Gasteiger partial charge is 0.496 e. The Balaban J connectivity index is 3.30. The monoisotopic (exact) mass is 212 g/mol. The third-order valence-corrected chi connectivity index (χ3v) is 4.40. The number of hydrogen-bond acceptors (Lipinski definition) is 1. The molecule has 0 radical (unpaired) electrons. The Morgan fingerprint density at radius 1 is 1.21 bits per heavy atom. The first-order chi connectivity index (χ1) is 6.36. The maximum absolute atomic E-state index is 13.5. The van der Waals surface area contributed by atoms with Gasteiger partial charge in [-0.1, -0.05) is 24.8 Å². The van der Waals surface area contributed by atoms with E-state index in [2.05, 4.69) is 19.6 Å². The summed E-state index contributed by atoms with van der Waals surface area (Å²) in [5.41, 5.74) is 0.592. The summed E-state index contributed by atoms with van der Waals surface area (Å²) in [5, 5.41) is 1.09. The number of hydrogen-bond donors (Lipinski definition) is 0. The average Bonchev–Trinajstić information content (AvgIpc) is 2.07. The van der Waals surface area contributed by atoms with Crippen molar-refractivity contribution in [1.29, 1.82) is 0 Å². The van der Waals surface area contributed by atoms with Crippen LogP contribution in [-0.2, 0) is 0 Å². The molecule has 0 heterocycles. The van der Waals surface area contributed by atoms with Crippen LogP contribution in [0.2, 0.25) is 19.6 Å². The highest BCUT2D eigenvalue weighted by Gasteiger charge is 2.19. The molecule has 0 spiro atoms. The van der Waals surface area contributed by atoms with E-state index in [1.165, 1.54) is 0 Å². The van der Waals surface area contributed by atoms with E-state index in [0.29, 0.717) is 11.3 Å². The van der Waals surface area contributed by atoms with Crippen molar-refractivity contribution >= 4 is 13.3 Å². The zero-order chi connectivity index (χ0) is 10.9. The molecule has 14 heavy (non-hydrogen) atoms. The van der Waals surface area contributed by atoms with Gasteiger partial charge in [0.05, 0.1) is 15.2 Å². The lowest BCUT2D eigenvalue weighted by Crippen LogP contribution is -2.38. The molecule has 1 aromatic rings. The highest BCUT2D eigenvalue weighted by atomic mass is 28.3. The molecule has 1 aromatic carbocycles. The Bertz CT molecular complexity index is 342. The molecule has 0 aliphatic carbocycles. The lowest BCUT2D eigenvalue weighted by Gasteiger charge is -2.18. The molecule has 0 aliphatic rings. The van der Waals surface area contributed by atoms with Crippen LogP contribution in [0.4, 0.5) is 4.39 Å². The SMILES string of the molecule is COc1cc([Si](C)(C)C)cc(F)c1C. The van der Waals surface area contributed by atoms with E-state index in [9.17, 15) is 4.39 Å². The third-order valence-electron chi connectivity index (χ3n) is 2.38. The van der Waals surface area contributed by atoms with Gasteiger partial charge in [0, 0.05) is 5.56 Å². The minimum atomic E-state index is -1.46. The molecule has 78 valence electrons. The zero-order valence-electron chi connectivity index (χ0n) is 9.44. The van der Waals surface area contributed by atoms with Crippen molar-refractivity contribution in [3.63, 3.8) is 0 Å². The molecule has 0 aromatic heterocycles. The third kappa shape index (κ3) is 2.15. The smallest absolute Gasteiger partial charge is 0.129 e. The second kappa shape index (κ2) is 3.73. The van der Waals surface area contributed by atoms with Crippen LogP contribution in [0.3, 0.4) is 0 Å². The van der Waals surface area contributed by atoms with Crippen molar-refractivity contribution in [2.75, 3.05) is 7.11 Å². The summed E-state index contributed by atoms with van der Waals surface area (Å²) in [6.45, 7) is 8.31. The Labute approximate surface area is 85.9 Å². The Kier molecular flexibility index (Phi) is 3.00. The summed E-state index contributed by atoms with van der Waals surface area (Å²) in [6.07, 6.45) is 0. The van der Waals surface area contributed by atoms with Gasteiger partial charge in [-0.3, -0.25) is 0 Å². The maximum Gasteiger partial charge on any atom is 0.129 e. The number of benzene rings is 1. The molecule has 0 N–H and O–H groups in total. The quantitative estimate of drug-likeness (QED) is 0.685. The predicted molar refractivity (Wildman–Crippen MR) is 60.7 cm³/mol. The van der Waals surface area contributed by atoms with Gasteiger partial charge in [-0.25, -0.2) is 4.39 Å². The predicted octanol–water partition coefficient (Wildman–Crippen LogP) is 2.69. The molecule has 1 nitrogen and oxygen atoms in total. The van der Waals surface area contributed by atoms with Crippen LogP contribution in [0.15, 0.2) is 12.1 Å². The van der Waals surface area contributed by atoms with Gasteiger partial charge in [-0.15, -0.1) is 0 Å². The van der Waals surface area contributed by atoms with E-state index in [-0.39, 0.29) is 5.82 Å². The molecule has 0 atom stereocenters.